The number of anilines is 1. The van der Waals surface area contributed by atoms with Gasteiger partial charge < -0.3 is 10.2 Å². The zero-order valence-electron chi connectivity index (χ0n) is 13.6. The van der Waals surface area contributed by atoms with Crippen molar-refractivity contribution in [2.45, 2.75) is 58.4 Å². The molecule has 1 saturated heterocycles. The number of piperidine rings is 1. The van der Waals surface area contributed by atoms with Gasteiger partial charge in [0.15, 0.2) is 0 Å². The van der Waals surface area contributed by atoms with Crippen molar-refractivity contribution in [2.24, 2.45) is 0 Å². The molecule has 1 unspecified atom stereocenters. The number of carbonyl (C=O) groups is 2. The average molecular weight is 302 g/mol. The van der Waals surface area contributed by atoms with Crippen LogP contribution in [0.15, 0.2) is 24.3 Å². The molecule has 1 aliphatic heterocycles. The van der Waals surface area contributed by atoms with Crippen LogP contribution in [-0.2, 0) is 16.0 Å². The summed E-state index contributed by atoms with van der Waals surface area (Å²) in [5, 5.41) is 2.81. The van der Waals surface area contributed by atoms with Crippen LogP contribution < -0.4 is 5.32 Å². The summed E-state index contributed by atoms with van der Waals surface area (Å²) in [5.41, 5.74) is 1.98. The van der Waals surface area contributed by atoms with Gasteiger partial charge in [-0.1, -0.05) is 26.0 Å². The standard InChI is InChI=1S/C18H26N2O2/c1-3-14-8-10-15(11-9-14)19-17(21)13-18(22)20-12-6-5-7-16(20)4-2/h8-11,16H,3-7,12-13H2,1-2H3,(H,19,21). The lowest BCUT2D eigenvalue weighted by molar-refractivity contribution is -0.137. The number of likely N-dealkylation sites (tertiary alicyclic amines) is 1. The minimum Gasteiger partial charge on any atom is -0.339 e. The molecule has 1 aromatic rings. The molecule has 2 amide bonds. The molecular weight excluding hydrogens is 276 g/mol. The fourth-order valence-corrected chi connectivity index (χ4v) is 3.02. The van der Waals surface area contributed by atoms with E-state index in [0.29, 0.717) is 6.04 Å². The highest BCUT2D eigenvalue weighted by atomic mass is 16.2. The molecule has 4 nitrogen and oxygen atoms in total. The molecule has 4 heteroatoms. The van der Waals surface area contributed by atoms with E-state index >= 15 is 0 Å². The summed E-state index contributed by atoms with van der Waals surface area (Å²) in [6, 6.07) is 8.07. The molecule has 0 aliphatic carbocycles. The minimum absolute atomic E-state index is 0.0470. The second-order valence-electron chi connectivity index (χ2n) is 5.92. The fraction of sp³-hybridized carbons (Fsp3) is 0.556. The smallest absolute Gasteiger partial charge is 0.233 e. The summed E-state index contributed by atoms with van der Waals surface area (Å²) < 4.78 is 0. The van der Waals surface area contributed by atoms with E-state index in [0.717, 1.165) is 37.9 Å². The number of hydrogen-bond donors (Lipinski definition) is 1. The molecule has 1 N–H and O–H groups in total. The molecule has 1 atom stereocenters. The normalized spacial score (nSPS) is 18.1. The summed E-state index contributed by atoms with van der Waals surface area (Å²) in [4.78, 5) is 26.3. The first-order valence-corrected chi connectivity index (χ1v) is 8.32. The molecule has 2 rings (SSSR count). The second-order valence-corrected chi connectivity index (χ2v) is 5.92. The van der Waals surface area contributed by atoms with Crippen molar-refractivity contribution in [1.82, 2.24) is 4.90 Å². The number of hydrogen-bond acceptors (Lipinski definition) is 2. The predicted octanol–water partition coefficient (Wildman–Crippen LogP) is 3.37. The van der Waals surface area contributed by atoms with Crippen molar-refractivity contribution >= 4 is 17.5 Å². The van der Waals surface area contributed by atoms with Gasteiger partial charge in [0.25, 0.3) is 0 Å². The van der Waals surface area contributed by atoms with Crippen molar-refractivity contribution in [3.63, 3.8) is 0 Å². The molecule has 0 radical (unpaired) electrons. The van der Waals surface area contributed by atoms with Gasteiger partial charge >= 0.3 is 0 Å². The van der Waals surface area contributed by atoms with Crippen LogP contribution in [0, 0.1) is 0 Å². The first-order chi connectivity index (χ1) is 10.6. The molecule has 1 aromatic carbocycles. The summed E-state index contributed by atoms with van der Waals surface area (Å²) in [6.07, 6.45) is 5.15. The van der Waals surface area contributed by atoms with Crippen LogP contribution in [0.1, 0.15) is 51.5 Å². The van der Waals surface area contributed by atoms with E-state index in [2.05, 4.69) is 19.2 Å². The summed E-state index contributed by atoms with van der Waals surface area (Å²) in [7, 11) is 0. The van der Waals surface area contributed by atoms with Gasteiger partial charge in [-0.25, -0.2) is 0 Å². The first kappa shape index (κ1) is 16.5. The Morgan fingerprint density at radius 1 is 1.18 bits per heavy atom. The maximum atomic E-state index is 12.3. The highest BCUT2D eigenvalue weighted by Gasteiger charge is 2.26. The summed E-state index contributed by atoms with van der Waals surface area (Å²) >= 11 is 0. The third kappa shape index (κ3) is 4.33. The van der Waals surface area contributed by atoms with Gasteiger partial charge in [-0.15, -0.1) is 0 Å². The lowest BCUT2D eigenvalue weighted by Gasteiger charge is -2.35. The third-order valence-electron chi connectivity index (χ3n) is 4.38. The van der Waals surface area contributed by atoms with Crippen molar-refractivity contribution < 1.29 is 9.59 Å². The lowest BCUT2D eigenvalue weighted by atomic mass is 9.99. The maximum Gasteiger partial charge on any atom is 0.233 e. The molecule has 1 heterocycles. The van der Waals surface area contributed by atoms with Gasteiger partial charge in [-0.05, 0) is 49.8 Å². The third-order valence-corrected chi connectivity index (χ3v) is 4.38. The number of amides is 2. The lowest BCUT2D eigenvalue weighted by Crippen LogP contribution is -2.44. The van der Waals surface area contributed by atoms with E-state index in [1.165, 1.54) is 12.0 Å². The molecule has 0 saturated carbocycles. The SMILES string of the molecule is CCc1ccc(NC(=O)CC(=O)N2CCCCC2CC)cc1. The zero-order valence-corrected chi connectivity index (χ0v) is 13.6. The van der Waals surface area contributed by atoms with Gasteiger partial charge in [0.05, 0.1) is 0 Å². The van der Waals surface area contributed by atoms with Gasteiger partial charge in [0.1, 0.15) is 6.42 Å². The molecular formula is C18H26N2O2. The maximum absolute atomic E-state index is 12.3. The highest BCUT2D eigenvalue weighted by Crippen LogP contribution is 2.20. The Morgan fingerprint density at radius 3 is 2.55 bits per heavy atom. The first-order valence-electron chi connectivity index (χ1n) is 8.32. The van der Waals surface area contributed by atoms with Gasteiger partial charge in [-0.2, -0.15) is 0 Å². The van der Waals surface area contributed by atoms with Crippen LogP contribution in [0.5, 0.6) is 0 Å². The van der Waals surface area contributed by atoms with E-state index < -0.39 is 0 Å². The summed E-state index contributed by atoms with van der Waals surface area (Å²) in [5.74, 6) is -0.274. The van der Waals surface area contributed by atoms with Crippen molar-refractivity contribution in [3.05, 3.63) is 29.8 Å². The van der Waals surface area contributed by atoms with Gasteiger partial charge in [-0.3, -0.25) is 9.59 Å². The highest BCUT2D eigenvalue weighted by molar-refractivity contribution is 6.03. The van der Waals surface area contributed by atoms with Crippen LogP contribution in [0.2, 0.25) is 0 Å². The van der Waals surface area contributed by atoms with Crippen LogP contribution in [0.25, 0.3) is 0 Å². The van der Waals surface area contributed by atoms with Crippen LogP contribution in [0.3, 0.4) is 0 Å². The number of nitrogens with zero attached hydrogens (tertiary/aromatic N) is 1. The number of aryl methyl sites for hydroxylation is 1. The average Bonchev–Trinajstić information content (AvgIpc) is 2.55. The molecule has 1 fully saturated rings. The van der Waals surface area contributed by atoms with Gasteiger partial charge in [0.2, 0.25) is 11.8 Å². The molecule has 0 aromatic heterocycles. The number of carbonyl (C=O) groups excluding carboxylic acids is 2. The number of nitrogens with one attached hydrogen (secondary N) is 1. The minimum atomic E-state index is -0.227. The molecule has 1 aliphatic rings. The van der Waals surface area contributed by atoms with Gasteiger partial charge in [0, 0.05) is 18.3 Å². The van der Waals surface area contributed by atoms with Crippen molar-refractivity contribution in [3.8, 4) is 0 Å². The molecule has 120 valence electrons. The number of rotatable bonds is 5. The Morgan fingerprint density at radius 2 is 1.91 bits per heavy atom. The van der Waals surface area contributed by atoms with E-state index in [9.17, 15) is 9.59 Å². The Kier molecular flexibility index (Phi) is 5.99. The quantitative estimate of drug-likeness (QED) is 0.848. The van der Waals surface area contributed by atoms with E-state index in [1.54, 1.807) is 0 Å². The fourth-order valence-electron chi connectivity index (χ4n) is 3.02. The van der Waals surface area contributed by atoms with Crippen molar-refractivity contribution in [2.75, 3.05) is 11.9 Å². The Balaban J connectivity index is 1.88. The van der Waals surface area contributed by atoms with Crippen molar-refractivity contribution in [1.29, 1.82) is 0 Å². The topological polar surface area (TPSA) is 49.4 Å². The summed E-state index contributed by atoms with van der Waals surface area (Å²) in [6.45, 7) is 4.98. The Hall–Kier alpha value is -1.84. The second kappa shape index (κ2) is 7.97. The number of benzene rings is 1. The van der Waals surface area contributed by atoms with E-state index in [-0.39, 0.29) is 18.2 Å². The van der Waals surface area contributed by atoms with Crippen LogP contribution in [-0.4, -0.2) is 29.3 Å². The Bertz CT molecular complexity index is 510. The zero-order chi connectivity index (χ0) is 15.9. The van der Waals surface area contributed by atoms with Crippen LogP contribution in [0.4, 0.5) is 5.69 Å². The van der Waals surface area contributed by atoms with Crippen LogP contribution >= 0.6 is 0 Å². The molecule has 22 heavy (non-hydrogen) atoms. The predicted molar refractivity (Wildman–Crippen MR) is 88.7 cm³/mol. The Labute approximate surface area is 132 Å². The molecule has 0 bridgehead atoms. The van der Waals surface area contributed by atoms with E-state index in [4.69, 9.17) is 0 Å². The largest absolute Gasteiger partial charge is 0.339 e. The monoisotopic (exact) mass is 302 g/mol. The molecule has 0 spiro atoms. The van der Waals surface area contributed by atoms with E-state index in [1.807, 2.05) is 29.2 Å².